The zero-order chi connectivity index (χ0) is 20.1. The van der Waals surface area contributed by atoms with Crippen LogP contribution in [0.4, 0.5) is 11.4 Å². The van der Waals surface area contributed by atoms with Gasteiger partial charge in [0.25, 0.3) is 5.91 Å². The lowest BCUT2D eigenvalue weighted by Gasteiger charge is -2.28. The molecule has 0 unspecified atom stereocenters. The second kappa shape index (κ2) is 9.23. The van der Waals surface area contributed by atoms with Gasteiger partial charge in [-0.3, -0.25) is 4.79 Å². The van der Waals surface area contributed by atoms with Gasteiger partial charge in [-0.1, -0.05) is 23.2 Å². The third kappa shape index (κ3) is 5.13. The fourth-order valence-electron chi connectivity index (χ4n) is 2.64. The number of hydrogen-bond acceptors (Lipinski definition) is 6. The molecule has 7 nitrogen and oxygen atoms in total. The molecule has 3 rings (SSSR count). The molecule has 0 bridgehead atoms. The molecule has 0 radical (unpaired) electrons. The zero-order valence-electron chi connectivity index (χ0n) is 15.2. The van der Waals surface area contributed by atoms with Crippen molar-refractivity contribution in [3.8, 4) is 0 Å². The number of ether oxygens (including phenoxy) is 2. The quantitative estimate of drug-likeness (QED) is 0.586. The van der Waals surface area contributed by atoms with E-state index in [2.05, 4.69) is 15.2 Å². The molecule has 1 atom stereocenters. The molecule has 0 aliphatic carbocycles. The summed E-state index contributed by atoms with van der Waals surface area (Å²) >= 11 is 11.6. The normalized spacial score (nSPS) is 15.0. The van der Waals surface area contributed by atoms with E-state index in [4.69, 9.17) is 32.7 Å². The largest absolute Gasteiger partial charge is 0.449 e. The highest BCUT2D eigenvalue weighted by molar-refractivity contribution is 6.41. The average Bonchev–Trinajstić information content (AvgIpc) is 2.71. The molecule has 1 aliphatic rings. The van der Waals surface area contributed by atoms with Crippen LogP contribution in [0.5, 0.6) is 0 Å². The number of amides is 1. The van der Waals surface area contributed by atoms with E-state index in [9.17, 15) is 9.59 Å². The summed E-state index contributed by atoms with van der Waals surface area (Å²) in [6, 6.07) is 8.81. The number of benzene rings is 1. The first kappa shape index (κ1) is 20.4. The predicted molar refractivity (Wildman–Crippen MR) is 107 cm³/mol. The predicted octanol–water partition coefficient (Wildman–Crippen LogP) is 3.41. The molecule has 1 aromatic heterocycles. The van der Waals surface area contributed by atoms with E-state index in [1.807, 2.05) is 12.1 Å². The van der Waals surface area contributed by atoms with Gasteiger partial charge in [0.2, 0.25) is 0 Å². The van der Waals surface area contributed by atoms with Crippen molar-refractivity contribution < 1.29 is 19.1 Å². The van der Waals surface area contributed by atoms with Gasteiger partial charge in [-0.05, 0) is 37.3 Å². The molecule has 1 fully saturated rings. The van der Waals surface area contributed by atoms with E-state index in [0.29, 0.717) is 18.9 Å². The number of nitrogens with one attached hydrogen (secondary N) is 1. The highest BCUT2D eigenvalue weighted by Gasteiger charge is 2.20. The monoisotopic (exact) mass is 423 g/mol. The van der Waals surface area contributed by atoms with E-state index >= 15 is 0 Å². The lowest BCUT2D eigenvalue weighted by atomic mass is 10.2. The van der Waals surface area contributed by atoms with Gasteiger partial charge in [-0.25, -0.2) is 9.78 Å². The van der Waals surface area contributed by atoms with Crippen molar-refractivity contribution in [3.63, 3.8) is 0 Å². The molecule has 1 aromatic carbocycles. The maximum Gasteiger partial charge on any atom is 0.340 e. The third-order valence-electron chi connectivity index (χ3n) is 4.20. The van der Waals surface area contributed by atoms with Crippen molar-refractivity contribution in [2.45, 2.75) is 13.0 Å². The van der Waals surface area contributed by atoms with Gasteiger partial charge in [-0.2, -0.15) is 0 Å². The fraction of sp³-hybridized carbons (Fsp3) is 0.316. The number of rotatable bonds is 5. The highest BCUT2D eigenvalue weighted by atomic mass is 35.5. The van der Waals surface area contributed by atoms with Gasteiger partial charge in [0.15, 0.2) is 6.10 Å². The van der Waals surface area contributed by atoms with Crippen LogP contribution in [0.15, 0.2) is 36.5 Å². The lowest BCUT2D eigenvalue weighted by Crippen LogP contribution is -2.36. The summed E-state index contributed by atoms with van der Waals surface area (Å²) in [6.45, 7) is 4.57. The molecule has 28 heavy (non-hydrogen) atoms. The number of hydrogen-bond donors (Lipinski definition) is 1. The Kier molecular flexibility index (Phi) is 6.72. The number of anilines is 2. The Balaban J connectivity index is 1.56. The Hall–Kier alpha value is -2.35. The van der Waals surface area contributed by atoms with Crippen molar-refractivity contribution in [2.24, 2.45) is 0 Å². The Bertz CT molecular complexity index is 855. The summed E-state index contributed by atoms with van der Waals surface area (Å²) in [4.78, 5) is 30.4. The molecule has 1 N–H and O–H groups in total. The van der Waals surface area contributed by atoms with Crippen LogP contribution in [0, 0.1) is 0 Å². The van der Waals surface area contributed by atoms with Crippen LogP contribution in [-0.4, -0.2) is 49.3 Å². The van der Waals surface area contributed by atoms with Crippen molar-refractivity contribution >= 4 is 46.5 Å². The Morgan fingerprint density at radius 3 is 2.54 bits per heavy atom. The van der Waals surface area contributed by atoms with Gasteiger partial charge in [0, 0.05) is 30.7 Å². The first-order valence-electron chi connectivity index (χ1n) is 8.69. The first-order chi connectivity index (χ1) is 13.4. The van der Waals surface area contributed by atoms with Crippen LogP contribution in [0.3, 0.4) is 0 Å². The van der Waals surface area contributed by atoms with E-state index in [1.165, 1.54) is 19.2 Å². The first-order valence-corrected chi connectivity index (χ1v) is 9.45. The number of carbonyl (C=O) groups excluding carboxylic acids is 2. The zero-order valence-corrected chi connectivity index (χ0v) is 16.7. The molecule has 148 valence electrons. The minimum Gasteiger partial charge on any atom is -0.449 e. The van der Waals surface area contributed by atoms with Crippen LogP contribution in [0.1, 0.15) is 17.3 Å². The second-order valence-electron chi connectivity index (χ2n) is 6.18. The summed E-state index contributed by atoms with van der Waals surface area (Å²) in [7, 11) is 0. The van der Waals surface area contributed by atoms with Gasteiger partial charge in [0.05, 0.1) is 23.8 Å². The lowest BCUT2D eigenvalue weighted by molar-refractivity contribution is -0.123. The topological polar surface area (TPSA) is 80.8 Å². The SMILES string of the molecule is C[C@@H](OC(=O)c1cnc(Cl)c(Cl)c1)C(=O)Nc1ccc(N2CCOCC2)cc1. The third-order valence-corrected chi connectivity index (χ3v) is 4.88. The summed E-state index contributed by atoms with van der Waals surface area (Å²) < 4.78 is 10.5. The van der Waals surface area contributed by atoms with E-state index in [1.54, 1.807) is 12.1 Å². The number of aromatic nitrogens is 1. The molecular formula is C19H19Cl2N3O4. The smallest absolute Gasteiger partial charge is 0.340 e. The molecule has 0 spiro atoms. The molecule has 1 aliphatic heterocycles. The number of nitrogens with zero attached hydrogens (tertiary/aromatic N) is 2. The van der Waals surface area contributed by atoms with Gasteiger partial charge in [-0.15, -0.1) is 0 Å². The van der Waals surface area contributed by atoms with Crippen LogP contribution in [-0.2, 0) is 14.3 Å². The molecule has 1 amide bonds. The maximum absolute atomic E-state index is 12.3. The van der Waals surface area contributed by atoms with Crippen LogP contribution in [0.2, 0.25) is 10.2 Å². The minimum absolute atomic E-state index is 0.0875. The Morgan fingerprint density at radius 2 is 1.89 bits per heavy atom. The summed E-state index contributed by atoms with van der Waals surface area (Å²) in [6.07, 6.45) is 0.242. The Morgan fingerprint density at radius 1 is 1.21 bits per heavy atom. The molecule has 1 saturated heterocycles. The maximum atomic E-state index is 12.3. The molecular weight excluding hydrogens is 405 g/mol. The summed E-state index contributed by atoms with van der Waals surface area (Å²) in [5.41, 5.74) is 1.79. The fourth-order valence-corrected chi connectivity index (χ4v) is 2.91. The molecule has 9 heteroatoms. The van der Waals surface area contributed by atoms with E-state index in [0.717, 1.165) is 18.8 Å². The number of esters is 1. The average molecular weight is 424 g/mol. The number of halogens is 2. The van der Waals surface area contributed by atoms with Crippen LogP contribution < -0.4 is 10.2 Å². The standard InChI is InChI=1S/C19H19Cl2N3O4/c1-12(28-19(26)13-10-16(20)17(21)22-11-13)18(25)23-14-2-4-15(5-3-14)24-6-8-27-9-7-24/h2-5,10-12H,6-9H2,1H3,(H,23,25)/t12-/m1/s1. The summed E-state index contributed by atoms with van der Waals surface area (Å²) in [5.74, 6) is -1.16. The number of carbonyl (C=O) groups is 2. The van der Waals surface area contributed by atoms with E-state index < -0.39 is 18.0 Å². The van der Waals surface area contributed by atoms with Crippen LogP contribution >= 0.6 is 23.2 Å². The summed E-state index contributed by atoms with van der Waals surface area (Å²) in [5, 5.41) is 2.95. The number of pyridine rings is 1. The van der Waals surface area contributed by atoms with Crippen molar-refractivity contribution in [1.82, 2.24) is 4.98 Å². The van der Waals surface area contributed by atoms with Gasteiger partial charge < -0.3 is 19.7 Å². The molecule has 2 aromatic rings. The van der Waals surface area contributed by atoms with E-state index in [-0.39, 0.29) is 15.7 Å². The van der Waals surface area contributed by atoms with Gasteiger partial charge in [0.1, 0.15) is 5.15 Å². The number of morpholine rings is 1. The van der Waals surface area contributed by atoms with Gasteiger partial charge >= 0.3 is 5.97 Å². The minimum atomic E-state index is -0.999. The Labute approximate surface area is 172 Å². The highest BCUT2D eigenvalue weighted by Crippen LogP contribution is 2.21. The van der Waals surface area contributed by atoms with Crippen molar-refractivity contribution in [2.75, 3.05) is 36.5 Å². The van der Waals surface area contributed by atoms with Crippen molar-refractivity contribution in [3.05, 3.63) is 52.3 Å². The van der Waals surface area contributed by atoms with Crippen molar-refractivity contribution in [1.29, 1.82) is 0 Å². The molecule has 0 saturated carbocycles. The molecule has 2 heterocycles. The second-order valence-corrected chi connectivity index (χ2v) is 6.94. The van der Waals surface area contributed by atoms with Crippen LogP contribution in [0.25, 0.3) is 0 Å².